The van der Waals surface area contributed by atoms with Crippen LogP contribution in [0.5, 0.6) is 0 Å². The van der Waals surface area contributed by atoms with Gasteiger partial charge in [0.1, 0.15) is 0 Å². The van der Waals surface area contributed by atoms with Crippen LogP contribution >= 0.6 is 0 Å². The van der Waals surface area contributed by atoms with Gasteiger partial charge < -0.3 is 5.73 Å². The molecule has 2 N–H and O–H groups in total. The van der Waals surface area contributed by atoms with E-state index in [1.54, 1.807) is 0 Å². The van der Waals surface area contributed by atoms with E-state index in [0.717, 1.165) is 28.0 Å². The Bertz CT molecular complexity index is 402. The van der Waals surface area contributed by atoms with E-state index >= 15 is 0 Å². The van der Waals surface area contributed by atoms with Gasteiger partial charge in [-0.3, -0.25) is 0 Å². The van der Waals surface area contributed by atoms with Crippen molar-refractivity contribution in [1.82, 2.24) is 0 Å². The van der Waals surface area contributed by atoms with Gasteiger partial charge in [-0.2, -0.15) is 0 Å². The lowest BCUT2D eigenvalue weighted by molar-refractivity contribution is 1.36. The molecule has 1 aromatic carbocycles. The van der Waals surface area contributed by atoms with E-state index in [1.807, 2.05) is 20.8 Å². The smallest absolute Gasteiger partial charge is 0.0373 e. The monoisotopic (exact) mass is 201 g/mol. The van der Waals surface area contributed by atoms with Crippen molar-refractivity contribution in [3.63, 3.8) is 0 Å². The molecule has 0 atom stereocenters. The highest BCUT2D eigenvalue weighted by Gasteiger charge is 2.05. The van der Waals surface area contributed by atoms with Crippen LogP contribution in [0, 0.1) is 13.8 Å². The fourth-order valence-corrected chi connectivity index (χ4v) is 1.55. The van der Waals surface area contributed by atoms with Crippen molar-refractivity contribution in [2.24, 2.45) is 0 Å². The Morgan fingerprint density at radius 3 is 2.13 bits per heavy atom. The van der Waals surface area contributed by atoms with Gasteiger partial charge in [0.2, 0.25) is 0 Å². The normalized spacial score (nSPS) is 11.6. The van der Waals surface area contributed by atoms with Crippen molar-refractivity contribution in [3.05, 3.63) is 47.1 Å². The summed E-state index contributed by atoms with van der Waals surface area (Å²) in [6.07, 6.45) is 2.07. The Labute approximate surface area is 92.3 Å². The summed E-state index contributed by atoms with van der Waals surface area (Å²) in [4.78, 5) is 0. The zero-order valence-electron chi connectivity index (χ0n) is 10.0. The summed E-state index contributed by atoms with van der Waals surface area (Å²) in [5.74, 6) is 0. The maximum absolute atomic E-state index is 5.92. The first-order valence-electron chi connectivity index (χ1n) is 5.16. The van der Waals surface area contributed by atoms with Crippen LogP contribution in [0.2, 0.25) is 0 Å². The second-order valence-corrected chi connectivity index (χ2v) is 3.97. The highest BCUT2D eigenvalue weighted by Crippen LogP contribution is 2.26. The SMILES string of the molecule is C=C(/C(C)=C\C)c1cc(C)c(N)c(C)c1. The number of rotatable bonds is 2. The maximum atomic E-state index is 5.92. The van der Waals surface area contributed by atoms with Crippen LogP contribution in [-0.2, 0) is 0 Å². The van der Waals surface area contributed by atoms with Crippen LogP contribution in [0.3, 0.4) is 0 Å². The quantitative estimate of drug-likeness (QED) is 0.570. The fourth-order valence-electron chi connectivity index (χ4n) is 1.55. The van der Waals surface area contributed by atoms with Crippen molar-refractivity contribution in [1.29, 1.82) is 0 Å². The largest absolute Gasteiger partial charge is 0.398 e. The highest BCUT2D eigenvalue weighted by molar-refractivity contribution is 5.78. The molecule has 1 heteroatoms. The molecular formula is C14H19N. The zero-order valence-corrected chi connectivity index (χ0v) is 10.0. The van der Waals surface area contributed by atoms with E-state index in [9.17, 15) is 0 Å². The molecule has 0 spiro atoms. The van der Waals surface area contributed by atoms with E-state index in [4.69, 9.17) is 5.73 Å². The molecule has 0 fully saturated rings. The minimum atomic E-state index is 0.879. The first-order chi connectivity index (χ1) is 6.97. The minimum Gasteiger partial charge on any atom is -0.398 e. The number of allylic oxidation sites excluding steroid dienone is 3. The summed E-state index contributed by atoms with van der Waals surface area (Å²) >= 11 is 0. The Morgan fingerprint density at radius 2 is 1.73 bits per heavy atom. The van der Waals surface area contributed by atoms with Crippen molar-refractivity contribution in [2.45, 2.75) is 27.7 Å². The van der Waals surface area contributed by atoms with Crippen LogP contribution in [0.15, 0.2) is 30.4 Å². The van der Waals surface area contributed by atoms with Gasteiger partial charge in [0.05, 0.1) is 0 Å². The number of hydrogen-bond donors (Lipinski definition) is 1. The van der Waals surface area contributed by atoms with Crippen molar-refractivity contribution >= 4 is 11.3 Å². The summed E-state index contributed by atoms with van der Waals surface area (Å²) in [5.41, 5.74) is 12.5. The van der Waals surface area contributed by atoms with Gasteiger partial charge in [-0.25, -0.2) is 0 Å². The number of nitrogen functional groups attached to an aromatic ring is 1. The van der Waals surface area contributed by atoms with E-state index < -0.39 is 0 Å². The van der Waals surface area contributed by atoms with Crippen molar-refractivity contribution in [3.8, 4) is 0 Å². The first-order valence-corrected chi connectivity index (χ1v) is 5.16. The summed E-state index contributed by atoms with van der Waals surface area (Å²) in [6, 6.07) is 4.19. The first kappa shape index (κ1) is 11.6. The summed E-state index contributed by atoms with van der Waals surface area (Å²) in [6.45, 7) is 12.3. The molecule has 1 rings (SSSR count). The van der Waals surface area contributed by atoms with E-state index in [-0.39, 0.29) is 0 Å². The third-order valence-electron chi connectivity index (χ3n) is 2.85. The number of aryl methyl sites for hydroxylation is 2. The third kappa shape index (κ3) is 2.30. The number of anilines is 1. The van der Waals surface area contributed by atoms with Crippen molar-refractivity contribution < 1.29 is 0 Å². The number of hydrogen-bond acceptors (Lipinski definition) is 1. The highest BCUT2D eigenvalue weighted by atomic mass is 14.6. The molecule has 0 aliphatic rings. The Kier molecular flexibility index (Phi) is 3.35. The second kappa shape index (κ2) is 4.35. The Morgan fingerprint density at radius 1 is 1.27 bits per heavy atom. The van der Waals surface area contributed by atoms with Crippen LogP contribution in [-0.4, -0.2) is 0 Å². The van der Waals surface area contributed by atoms with Gasteiger partial charge in [0, 0.05) is 5.69 Å². The molecule has 0 bridgehead atoms. The maximum Gasteiger partial charge on any atom is 0.0373 e. The molecule has 0 aromatic heterocycles. The molecular weight excluding hydrogens is 182 g/mol. The van der Waals surface area contributed by atoms with E-state index in [2.05, 4.69) is 31.7 Å². The van der Waals surface area contributed by atoms with Gasteiger partial charge in [-0.15, -0.1) is 0 Å². The minimum absolute atomic E-state index is 0.879. The van der Waals surface area contributed by atoms with Gasteiger partial charge in [0.25, 0.3) is 0 Å². The predicted octanol–water partition coefficient (Wildman–Crippen LogP) is 3.87. The Balaban J connectivity index is 3.23. The summed E-state index contributed by atoms with van der Waals surface area (Å²) in [5, 5.41) is 0. The lowest BCUT2D eigenvalue weighted by Crippen LogP contribution is -1.96. The fraction of sp³-hybridized carbons (Fsp3) is 0.286. The molecule has 15 heavy (non-hydrogen) atoms. The molecule has 0 saturated carbocycles. The molecule has 1 aromatic rings. The van der Waals surface area contributed by atoms with E-state index in [1.165, 1.54) is 5.57 Å². The standard InChI is InChI=1S/C14H19N/c1-6-9(2)12(5)13-7-10(3)14(15)11(4)8-13/h6-8H,5,15H2,1-4H3/b9-6-. The molecule has 0 radical (unpaired) electrons. The summed E-state index contributed by atoms with van der Waals surface area (Å²) < 4.78 is 0. The van der Waals surface area contributed by atoms with Gasteiger partial charge in [0.15, 0.2) is 0 Å². The van der Waals surface area contributed by atoms with Crippen molar-refractivity contribution in [2.75, 3.05) is 5.73 Å². The average Bonchev–Trinajstić information content (AvgIpc) is 2.23. The summed E-state index contributed by atoms with van der Waals surface area (Å²) in [7, 11) is 0. The Hall–Kier alpha value is -1.50. The number of nitrogens with two attached hydrogens (primary N) is 1. The lowest BCUT2D eigenvalue weighted by atomic mass is 9.96. The van der Waals surface area contributed by atoms with E-state index in [0.29, 0.717) is 0 Å². The lowest BCUT2D eigenvalue weighted by Gasteiger charge is -2.11. The van der Waals surface area contributed by atoms with Gasteiger partial charge in [-0.05, 0) is 67.7 Å². The molecule has 0 unspecified atom stereocenters. The zero-order chi connectivity index (χ0) is 11.6. The predicted molar refractivity (Wildman–Crippen MR) is 68.8 cm³/mol. The molecule has 0 aliphatic carbocycles. The van der Waals surface area contributed by atoms with Crippen LogP contribution in [0.25, 0.3) is 5.57 Å². The second-order valence-electron chi connectivity index (χ2n) is 3.97. The average molecular weight is 201 g/mol. The molecule has 1 nitrogen and oxygen atoms in total. The topological polar surface area (TPSA) is 26.0 Å². The van der Waals surface area contributed by atoms with Crippen LogP contribution in [0.1, 0.15) is 30.5 Å². The molecule has 0 amide bonds. The molecule has 0 saturated heterocycles. The number of benzene rings is 1. The van der Waals surface area contributed by atoms with Crippen LogP contribution < -0.4 is 5.73 Å². The van der Waals surface area contributed by atoms with Gasteiger partial charge in [-0.1, -0.05) is 12.7 Å². The third-order valence-corrected chi connectivity index (χ3v) is 2.85. The molecule has 0 aliphatic heterocycles. The molecule has 0 heterocycles. The van der Waals surface area contributed by atoms with Crippen LogP contribution in [0.4, 0.5) is 5.69 Å². The van der Waals surface area contributed by atoms with Gasteiger partial charge >= 0.3 is 0 Å². The molecule has 80 valence electrons.